The fraction of sp³-hybridized carbons (Fsp3) is 0.500. The zero-order valence-corrected chi connectivity index (χ0v) is 9.52. The molecule has 1 aliphatic heterocycles. The van der Waals surface area contributed by atoms with E-state index in [1.165, 1.54) is 37.0 Å². The van der Waals surface area contributed by atoms with E-state index in [1.54, 1.807) is 0 Å². The van der Waals surface area contributed by atoms with E-state index in [1.807, 2.05) is 12.1 Å². The van der Waals surface area contributed by atoms with Gasteiger partial charge in [-0.05, 0) is 49.9 Å². The zero-order valence-electron chi connectivity index (χ0n) is 8.71. The second-order valence-corrected chi connectivity index (χ2v) is 3.96. The molecule has 1 aromatic carbocycles. The van der Waals surface area contributed by atoms with Crippen molar-refractivity contribution in [3.05, 3.63) is 35.6 Å². The highest BCUT2D eigenvalue weighted by Gasteiger charge is 2.13. The Balaban J connectivity index is 0.00000112. The van der Waals surface area contributed by atoms with Gasteiger partial charge >= 0.3 is 0 Å². The Labute approximate surface area is 96.5 Å². The molecule has 1 fully saturated rings. The van der Waals surface area contributed by atoms with Crippen molar-refractivity contribution >= 4 is 12.4 Å². The number of halogens is 2. The maximum atomic E-state index is 12.6. The van der Waals surface area contributed by atoms with Crippen LogP contribution in [-0.2, 0) is 6.42 Å². The van der Waals surface area contributed by atoms with Crippen LogP contribution in [0.25, 0.3) is 0 Å². The Morgan fingerprint density at radius 2 is 2.00 bits per heavy atom. The molecule has 2 rings (SSSR count). The van der Waals surface area contributed by atoms with Crippen LogP contribution in [0.3, 0.4) is 0 Å². The summed E-state index contributed by atoms with van der Waals surface area (Å²) in [5.74, 6) is -0.146. The number of aryl methyl sites for hydroxylation is 1. The molecule has 0 spiro atoms. The first kappa shape index (κ1) is 12.5. The molecule has 1 N–H and O–H groups in total. The topological polar surface area (TPSA) is 12.0 Å². The fourth-order valence-electron chi connectivity index (χ4n) is 2.00. The molecule has 0 amide bonds. The lowest BCUT2D eigenvalue weighted by atomic mass is 10.0. The van der Waals surface area contributed by atoms with Gasteiger partial charge in [0.25, 0.3) is 0 Å². The number of hydrogen-bond acceptors (Lipinski definition) is 1. The minimum Gasteiger partial charge on any atom is -0.314 e. The lowest BCUT2D eigenvalue weighted by Crippen LogP contribution is -2.21. The van der Waals surface area contributed by atoms with Gasteiger partial charge in [-0.3, -0.25) is 0 Å². The lowest BCUT2D eigenvalue weighted by molar-refractivity contribution is 0.558. The molecule has 0 saturated carbocycles. The van der Waals surface area contributed by atoms with Crippen molar-refractivity contribution in [2.24, 2.45) is 0 Å². The van der Waals surface area contributed by atoms with E-state index in [2.05, 4.69) is 5.32 Å². The normalized spacial score (nSPS) is 19.9. The SMILES string of the molecule is Cl.Fc1ccc(CCC2CCCN2)cc1. The highest BCUT2D eigenvalue weighted by atomic mass is 35.5. The molecule has 3 heteroatoms. The molecule has 0 aliphatic carbocycles. The smallest absolute Gasteiger partial charge is 0.123 e. The van der Waals surface area contributed by atoms with Crippen LogP contribution in [0.1, 0.15) is 24.8 Å². The maximum Gasteiger partial charge on any atom is 0.123 e. The monoisotopic (exact) mass is 229 g/mol. The van der Waals surface area contributed by atoms with Gasteiger partial charge < -0.3 is 5.32 Å². The zero-order chi connectivity index (χ0) is 9.80. The molecular weight excluding hydrogens is 213 g/mol. The van der Waals surface area contributed by atoms with Crippen molar-refractivity contribution in [1.29, 1.82) is 0 Å². The first-order valence-electron chi connectivity index (χ1n) is 5.32. The Morgan fingerprint density at radius 1 is 1.27 bits per heavy atom. The fourth-order valence-corrected chi connectivity index (χ4v) is 2.00. The summed E-state index contributed by atoms with van der Waals surface area (Å²) in [4.78, 5) is 0. The minimum atomic E-state index is -0.146. The summed E-state index contributed by atoms with van der Waals surface area (Å²) in [5, 5.41) is 3.46. The first-order chi connectivity index (χ1) is 6.84. The summed E-state index contributed by atoms with van der Waals surface area (Å²) < 4.78 is 12.6. The molecule has 1 nitrogen and oxygen atoms in total. The van der Waals surface area contributed by atoms with Crippen molar-refractivity contribution in [1.82, 2.24) is 5.32 Å². The second kappa shape index (κ2) is 6.09. The van der Waals surface area contributed by atoms with Crippen LogP contribution in [0.4, 0.5) is 4.39 Å². The van der Waals surface area contributed by atoms with Crippen LogP contribution in [0.5, 0.6) is 0 Å². The van der Waals surface area contributed by atoms with Crippen molar-refractivity contribution < 1.29 is 4.39 Å². The largest absolute Gasteiger partial charge is 0.314 e. The second-order valence-electron chi connectivity index (χ2n) is 3.96. The summed E-state index contributed by atoms with van der Waals surface area (Å²) in [6, 6.07) is 7.52. The predicted octanol–water partition coefficient (Wildman–Crippen LogP) is 2.93. The van der Waals surface area contributed by atoms with Crippen molar-refractivity contribution in [2.45, 2.75) is 31.7 Å². The third-order valence-electron chi connectivity index (χ3n) is 2.86. The van der Waals surface area contributed by atoms with Crippen LogP contribution in [0.15, 0.2) is 24.3 Å². The number of hydrogen-bond donors (Lipinski definition) is 1. The summed E-state index contributed by atoms with van der Waals surface area (Å²) in [6.07, 6.45) is 4.82. The van der Waals surface area contributed by atoms with Gasteiger partial charge in [0.05, 0.1) is 0 Å². The van der Waals surface area contributed by atoms with E-state index in [9.17, 15) is 4.39 Å². The molecule has 15 heavy (non-hydrogen) atoms. The quantitative estimate of drug-likeness (QED) is 0.841. The number of rotatable bonds is 3. The molecule has 1 unspecified atom stereocenters. The van der Waals surface area contributed by atoms with E-state index in [-0.39, 0.29) is 18.2 Å². The number of nitrogens with one attached hydrogen (secondary N) is 1. The van der Waals surface area contributed by atoms with Crippen LogP contribution in [0, 0.1) is 5.82 Å². The average molecular weight is 230 g/mol. The third-order valence-corrected chi connectivity index (χ3v) is 2.86. The highest BCUT2D eigenvalue weighted by molar-refractivity contribution is 5.85. The summed E-state index contributed by atoms with van der Waals surface area (Å²) in [5.41, 5.74) is 1.24. The minimum absolute atomic E-state index is 0. The maximum absolute atomic E-state index is 12.6. The van der Waals surface area contributed by atoms with E-state index < -0.39 is 0 Å². The van der Waals surface area contributed by atoms with Gasteiger partial charge in [-0.2, -0.15) is 0 Å². The Hall–Kier alpha value is -0.600. The molecule has 84 valence electrons. The van der Waals surface area contributed by atoms with Gasteiger partial charge in [0.15, 0.2) is 0 Å². The average Bonchev–Trinajstić information content (AvgIpc) is 2.70. The molecule has 0 aromatic heterocycles. The Bertz CT molecular complexity index is 280. The van der Waals surface area contributed by atoms with E-state index in [0.717, 1.165) is 13.0 Å². The Kier molecular flexibility index (Phi) is 5.06. The van der Waals surface area contributed by atoms with Gasteiger partial charge in [-0.1, -0.05) is 12.1 Å². The molecule has 1 atom stereocenters. The van der Waals surface area contributed by atoms with Crippen molar-refractivity contribution in [2.75, 3.05) is 6.54 Å². The van der Waals surface area contributed by atoms with Gasteiger partial charge in [0, 0.05) is 6.04 Å². The summed E-state index contributed by atoms with van der Waals surface area (Å²) in [7, 11) is 0. The van der Waals surface area contributed by atoms with Gasteiger partial charge in [-0.15, -0.1) is 12.4 Å². The number of benzene rings is 1. The van der Waals surface area contributed by atoms with Crippen LogP contribution < -0.4 is 5.32 Å². The predicted molar refractivity (Wildman–Crippen MR) is 63.0 cm³/mol. The van der Waals surface area contributed by atoms with E-state index in [0.29, 0.717) is 6.04 Å². The highest BCUT2D eigenvalue weighted by Crippen LogP contribution is 2.13. The molecule has 1 aromatic rings. The first-order valence-corrected chi connectivity index (χ1v) is 5.32. The van der Waals surface area contributed by atoms with E-state index in [4.69, 9.17) is 0 Å². The molecule has 0 radical (unpaired) electrons. The lowest BCUT2D eigenvalue weighted by Gasteiger charge is -2.09. The standard InChI is InChI=1S/C12H16FN.ClH/c13-11-6-3-10(4-7-11)5-8-12-2-1-9-14-12;/h3-4,6-7,12,14H,1-2,5,8-9H2;1H. The Morgan fingerprint density at radius 3 is 2.60 bits per heavy atom. The van der Waals surface area contributed by atoms with Crippen molar-refractivity contribution in [3.63, 3.8) is 0 Å². The van der Waals surface area contributed by atoms with E-state index >= 15 is 0 Å². The van der Waals surface area contributed by atoms with Crippen molar-refractivity contribution in [3.8, 4) is 0 Å². The summed E-state index contributed by atoms with van der Waals surface area (Å²) in [6.45, 7) is 1.16. The summed E-state index contributed by atoms with van der Waals surface area (Å²) >= 11 is 0. The van der Waals surface area contributed by atoms with Gasteiger partial charge in [0.2, 0.25) is 0 Å². The van der Waals surface area contributed by atoms with Gasteiger partial charge in [0.1, 0.15) is 5.82 Å². The molecule has 0 bridgehead atoms. The molecule has 1 aliphatic rings. The van der Waals surface area contributed by atoms with Crippen LogP contribution in [0.2, 0.25) is 0 Å². The molecule has 1 heterocycles. The van der Waals surface area contributed by atoms with Crippen LogP contribution in [-0.4, -0.2) is 12.6 Å². The molecule has 1 saturated heterocycles. The van der Waals surface area contributed by atoms with Crippen LogP contribution >= 0.6 is 12.4 Å². The van der Waals surface area contributed by atoms with Gasteiger partial charge in [-0.25, -0.2) is 4.39 Å². The molecular formula is C12H17ClFN. The third kappa shape index (κ3) is 3.80.